The van der Waals surface area contributed by atoms with Crippen LogP contribution in [0.2, 0.25) is 0 Å². The monoisotopic (exact) mass is 417 g/mol. The lowest BCUT2D eigenvalue weighted by Crippen LogP contribution is -2.36. The number of esters is 1. The highest BCUT2D eigenvalue weighted by Crippen LogP contribution is 2.23. The number of nitrogens with zero attached hydrogens (tertiary/aromatic N) is 2. The Morgan fingerprint density at radius 3 is 2.66 bits per heavy atom. The van der Waals surface area contributed by atoms with Crippen molar-refractivity contribution in [1.82, 2.24) is 14.9 Å². The van der Waals surface area contributed by atoms with E-state index in [0.29, 0.717) is 23.0 Å². The van der Waals surface area contributed by atoms with Crippen molar-refractivity contribution in [3.8, 4) is 5.75 Å². The molecule has 8 nitrogen and oxygen atoms in total. The summed E-state index contributed by atoms with van der Waals surface area (Å²) >= 11 is 1.48. The molecule has 0 spiro atoms. The van der Waals surface area contributed by atoms with E-state index in [1.165, 1.54) is 22.5 Å². The first-order chi connectivity index (χ1) is 13.9. The van der Waals surface area contributed by atoms with Gasteiger partial charge >= 0.3 is 5.97 Å². The summed E-state index contributed by atoms with van der Waals surface area (Å²) in [5.74, 6) is 0.388. The molecule has 29 heavy (non-hydrogen) atoms. The summed E-state index contributed by atoms with van der Waals surface area (Å²) < 4.78 is 11.9. The third-order valence-electron chi connectivity index (χ3n) is 4.36. The number of carbonyl (C=O) groups is 2. The van der Waals surface area contributed by atoms with Gasteiger partial charge in [-0.2, -0.15) is 0 Å². The molecular formula is C20H23N3O5S. The van der Waals surface area contributed by atoms with Crippen molar-refractivity contribution < 1.29 is 19.1 Å². The minimum Gasteiger partial charge on any atom is -0.497 e. The minimum atomic E-state index is -0.660. The van der Waals surface area contributed by atoms with Crippen molar-refractivity contribution in [2.45, 2.75) is 44.1 Å². The highest BCUT2D eigenvalue weighted by atomic mass is 32.2. The molecule has 1 amide bonds. The zero-order valence-corrected chi connectivity index (χ0v) is 17.3. The number of nitrogens with one attached hydrogen (secondary N) is 1. The van der Waals surface area contributed by atoms with Crippen LogP contribution >= 0.6 is 11.8 Å². The first-order valence-electron chi connectivity index (χ1n) is 9.26. The Kier molecular flexibility index (Phi) is 6.58. The standard InChI is InChI=1S/C20H23N3O5S/c1-12(2)28-17(24)10-16(13-4-6-14(27-3)7-5-13)22-18(25)15-11-21-20-23(19(15)26)8-9-29-20/h4-7,11-12,16H,8-10H2,1-3H3,(H,22,25). The first kappa shape index (κ1) is 20.9. The Labute approximate surface area is 172 Å². The van der Waals surface area contributed by atoms with Crippen LogP contribution in [0.5, 0.6) is 5.75 Å². The van der Waals surface area contributed by atoms with Crippen molar-refractivity contribution in [1.29, 1.82) is 0 Å². The maximum absolute atomic E-state index is 12.8. The molecule has 1 N–H and O–H groups in total. The second-order valence-corrected chi connectivity index (χ2v) is 7.86. The van der Waals surface area contributed by atoms with E-state index in [2.05, 4.69) is 10.3 Å². The van der Waals surface area contributed by atoms with E-state index in [0.717, 1.165) is 5.75 Å². The predicted octanol–water partition coefficient (Wildman–Crippen LogP) is 2.17. The second-order valence-electron chi connectivity index (χ2n) is 6.80. The normalized spacial score (nSPS) is 13.7. The van der Waals surface area contributed by atoms with Crippen LogP contribution in [-0.2, 0) is 16.1 Å². The number of methoxy groups -OCH3 is 1. The van der Waals surface area contributed by atoms with E-state index >= 15 is 0 Å². The van der Waals surface area contributed by atoms with Crippen molar-refractivity contribution >= 4 is 23.6 Å². The molecule has 1 unspecified atom stereocenters. The molecule has 3 rings (SSSR count). The molecule has 1 aliphatic rings. The third kappa shape index (κ3) is 4.97. The van der Waals surface area contributed by atoms with Gasteiger partial charge in [-0.1, -0.05) is 23.9 Å². The van der Waals surface area contributed by atoms with Crippen molar-refractivity contribution in [2.24, 2.45) is 0 Å². The predicted molar refractivity (Wildman–Crippen MR) is 108 cm³/mol. The summed E-state index contributed by atoms with van der Waals surface area (Å²) in [4.78, 5) is 41.9. The molecular weight excluding hydrogens is 394 g/mol. The molecule has 0 bridgehead atoms. The number of thioether (sulfide) groups is 1. The van der Waals surface area contributed by atoms with Crippen LogP contribution < -0.4 is 15.6 Å². The van der Waals surface area contributed by atoms with Gasteiger partial charge in [-0.25, -0.2) is 4.98 Å². The SMILES string of the molecule is COc1ccc(C(CC(=O)OC(C)C)NC(=O)c2cnc3n(c2=O)CCS3)cc1. The fourth-order valence-electron chi connectivity index (χ4n) is 2.98. The lowest BCUT2D eigenvalue weighted by Gasteiger charge is -2.20. The molecule has 2 aromatic rings. The van der Waals surface area contributed by atoms with Crippen LogP contribution in [0.15, 0.2) is 40.4 Å². The number of hydrogen-bond donors (Lipinski definition) is 1. The van der Waals surface area contributed by atoms with Crippen LogP contribution in [0.1, 0.15) is 42.2 Å². The van der Waals surface area contributed by atoms with Gasteiger partial charge in [-0.05, 0) is 31.5 Å². The van der Waals surface area contributed by atoms with Gasteiger partial charge in [0.05, 0.1) is 25.7 Å². The smallest absolute Gasteiger partial charge is 0.308 e. The molecule has 2 heterocycles. The quantitative estimate of drug-likeness (QED) is 0.544. The Morgan fingerprint density at radius 2 is 2.00 bits per heavy atom. The molecule has 1 aromatic carbocycles. The van der Waals surface area contributed by atoms with Crippen LogP contribution in [0.3, 0.4) is 0 Å². The van der Waals surface area contributed by atoms with Crippen LogP contribution in [0.25, 0.3) is 0 Å². The summed E-state index contributed by atoms with van der Waals surface area (Å²) in [6.45, 7) is 4.04. The Morgan fingerprint density at radius 1 is 1.28 bits per heavy atom. The zero-order chi connectivity index (χ0) is 21.0. The van der Waals surface area contributed by atoms with Gasteiger partial charge in [-0.15, -0.1) is 0 Å². The molecule has 0 radical (unpaired) electrons. The average Bonchev–Trinajstić information content (AvgIpc) is 3.17. The molecule has 1 aliphatic heterocycles. The van der Waals surface area contributed by atoms with Gasteiger partial charge in [0.2, 0.25) is 0 Å². The Bertz CT molecular complexity index is 956. The number of fused-ring (bicyclic) bond motifs is 1. The van der Waals surface area contributed by atoms with Crippen molar-refractivity contribution in [3.63, 3.8) is 0 Å². The van der Waals surface area contributed by atoms with Gasteiger partial charge in [0.25, 0.3) is 11.5 Å². The fraction of sp³-hybridized carbons (Fsp3) is 0.400. The van der Waals surface area contributed by atoms with E-state index in [1.54, 1.807) is 45.2 Å². The lowest BCUT2D eigenvalue weighted by molar-refractivity contribution is -0.147. The Balaban J connectivity index is 1.84. The number of hydrogen-bond acceptors (Lipinski definition) is 7. The van der Waals surface area contributed by atoms with E-state index < -0.39 is 17.9 Å². The number of ether oxygens (including phenoxy) is 2. The molecule has 0 saturated heterocycles. The number of carbonyl (C=O) groups excluding carboxylic acids is 2. The number of rotatable bonds is 7. The van der Waals surface area contributed by atoms with E-state index in [4.69, 9.17) is 9.47 Å². The molecule has 9 heteroatoms. The molecule has 1 aromatic heterocycles. The molecule has 0 saturated carbocycles. The first-order valence-corrected chi connectivity index (χ1v) is 10.2. The highest BCUT2D eigenvalue weighted by molar-refractivity contribution is 7.99. The molecule has 0 fully saturated rings. The largest absolute Gasteiger partial charge is 0.497 e. The van der Waals surface area contributed by atoms with Gasteiger partial charge in [-0.3, -0.25) is 19.0 Å². The summed E-state index contributed by atoms with van der Waals surface area (Å²) in [7, 11) is 1.56. The summed E-state index contributed by atoms with van der Waals surface area (Å²) in [5, 5.41) is 3.39. The van der Waals surface area contributed by atoms with Gasteiger partial charge in [0.1, 0.15) is 11.3 Å². The maximum Gasteiger partial charge on any atom is 0.308 e. The zero-order valence-electron chi connectivity index (χ0n) is 16.5. The summed E-state index contributed by atoms with van der Waals surface area (Å²) in [6, 6.07) is 6.34. The maximum atomic E-state index is 12.8. The third-order valence-corrected chi connectivity index (χ3v) is 5.33. The fourth-order valence-corrected chi connectivity index (χ4v) is 3.89. The van der Waals surface area contributed by atoms with Crippen LogP contribution in [0, 0.1) is 0 Å². The van der Waals surface area contributed by atoms with Crippen molar-refractivity contribution in [2.75, 3.05) is 12.9 Å². The number of benzene rings is 1. The number of amides is 1. The van der Waals surface area contributed by atoms with E-state index in [9.17, 15) is 14.4 Å². The topological polar surface area (TPSA) is 99.5 Å². The Hall–Kier alpha value is -2.81. The second kappa shape index (κ2) is 9.13. The lowest BCUT2D eigenvalue weighted by atomic mass is 10.0. The van der Waals surface area contributed by atoms with Crippen LogP contribution in [-0.4, -0.2) is 40.4 Å². The summed E-state index contributed by atoms with van der Waals surface area (Å²) in [6.07, 6.45) is 0.961. The van der Waals surface area contributed by atoms with Crippen LogP contribution in [0.4, 0.5) is 0 Å². The van der Waals surface area contributed by atoms with Gasteiger partial charge < -0.3 is 14.8 Å². The van der Waals surface area contributed by atoms with E-state index in [-0.39, 0.29) is 23.6 Å². The number of aromatic nitrogens is 2. The molecule has 1 atom stereocenters. The van der Waals surface area contributed by atoms with E-state index in [1.807, 2.05) is 0 Å². The highest BCUT2D eigenvalue weighted by Gasteiger charge is 2.24. The van der Waals surface area contributed by atoms with Gasteiger partial charge in [0.15, 0.2) is 5.16 Å². The van der Waals surface area contributed by atoms with Crippen molar-refractivity contribution in [3.05, 3.63) is 51.9 Å². The van der Waals surface area contributed by atoms with Gasteiger partial charge in [0, 0.05) is 18.5 Å². The average molecular weight is 417 g/mol. The summed E-state index contributed by atoms with van der Waals surface area (Å²) in [5.41, 5.74) is 0.271. The molecule has 154 valence electrons. The molecule has 0 aliphatic carbocycles. The minimum absolute atomic E-state index is 0.0491.